The number of nitrogens with one attached hydrogen (secondary N) is 2. The highest BCUT2D eigenvalue weighted by Crippen LogP contribution is 2.36. The van der Waals surface area contributed by atoms with E-state index in [0.717, 1.165) is 31.2 Å². The second-order valence-corrected chi connectivity index (χ2v) is 11.4. The van der Waals surface area contributed by atoms with Crippen LogP contribution in [0.2, 0.25) is 0 Å². The normalized spacial score (nSPS) is 19.2. The number of para-hydroxylation sites is 1. The first kappa shape index (κ1) is 27.9. The first-order valence-electron chi connectivity index (χ1n) is 14.0. The molecule has 0 unspecified atom stereocenters. The Hall–Kier alpha value is -3.66. The van der Waals surface area contributed by atoms with Crippen molar-refractivity contribution in [1.82, 2.24) is 10.2 Å². The SMILES string of the molecule is CC[C@@H](SC1=Nc2ccccc2C2=N[C@@H](CCC(=O)NC3CCCCC3)C(=O)N12)C(=O)Nc1cccc(OC)c1. The van der Waals surface area contributed by atoms with Crippen molar-refractivity contribution in [3.05, 3.63) is 54.1 Å². The van der Waals surface area contributed by atoms with Crippen LogP contribution in [0, 0.1) is 0 Å². The van der Waals surface area contributed by atoms with E-state index in [4.69, 9.17) is 14.7 Å². The predicted molar refractivity (Wildman–Crippen MR) is 158 cm³/mol. The molecular formula is C30H35N5O4S. The summed E-state index contributed by atoms with van der Waals surface area (Å²) in [5.41, 5.74) is 2.10. The van der Waals surface area contributed by atoms with E-state index in [2.05, 4.69) is 10.6 Å². The summed E-state index contributed by atoms with van der Waals surface area (Å²) in [5, 5.41) is 6.00. The lowest BCUT2D eigenvalue weighted by molar-refractivity contribution is -0.125. The van der Waals surface area contributed by atoms with E-state index >= 15 is 0 Å². The minimum Gasteiger partial charge on any atom is -0.497 e. The van der Waals surface area contributed by atoms with Crippen molar-refractivity contribution in [2.24, 2.45) is 9.98 Å². The fourth-order valence-electron chi connectivity index (χ4n) is 5.26. The molecule has 1 aliphatic carbocycles. The molecule has 3 aliphatic rings. The molecule has 2 aromatic rings. The highest BCUT2D eigenvalue weighted by atomic mass is 32.2. The molecule has 10 heteroatoms. The molecule has 2 atom stereocenters. The number of hydrogen-bond donors (Lipinski definition) is 2. The van der Waals surface area contributed by atoms with Gasteiger partial charge in [0.15, 0.2) is 5.17 Å². The van der Waals surface area contributed by atoms with Crippen LogP contribution in [0.15, 0.2) is 58.5 Å². The zero-order valence-electron chi connectivity index (χ0n) is 22.9. The zero-order valence-corrected chi connectivity index (χ0v) is 23.7. The zero-order chi connectivity index (χ0) is 28.1. The number of nitrogens with zero attached hydrogens (tertiary/aromatic N) is 3. The Balaban J connectivity index is 1.30. The van der Waals surface area contributed by atoms with E-state index in [1.54, 1.807) is 19.2 Å². The van der Waals surface area contributed by atoms with Crippen LogP contribution in [-0.2, 0) is 14.4 Å². The van der Waals surface area contributed by atoms with Crippen molar-refractivity contribution in [3.8, 4) is 5.75 Å². The third-order valence-electron chi connectivity index (χ3n) is 7.41. The molecule has 2 aromatic carbocycles. The molecule has 0 radical (unpaired) electrons. The van der Waals surface area contributed by atoms with Gasteiger partial charge in [0.2, 0.25) is 11.8 Å². The third-order valence-corrected chi connectivity index (χ3v) is 8.73. The van der Waals surface area contributed by atoms with Gasteiger partial charge in [-0.25, -0.2) is 9.89 Å². The number of fused-ring (bicyclic) bond motifs is 3. The quantitative estimate of drug-likeness (QED) is 0.446. The van der Waals surface area contributed by atoms with Crippen molar-refractivity contribution >= 4 is 51.9 Å². The van der Waals surface area contributed by atoms with E-state index in [1.807, 2.05) is 43.3 Å². The maximum Gasteiger partial charge on any atom is 0.259 e. The summed E-state index contributed by atoms with van der Waals surface area (Å²) in [7, 11) is 1.58. The molecule has 210 valence electrons. The molecule has 3 amide bonds. The van der Waals surface area contributed by atoms with Crippen molar-refractivity contribution in [1.29, 1.82) is 0 Å². The lowest BCUT2D eigenvalue weighted by Crippen LogP contribution is -2.43. The number of carbonyl (C=O) groups is 3. The number of hydrogen-bond acceptors (Lipinski definition) is 7. The minimum absolute atomic E-state index is 0.0336. The van der Waals surface area contributed by atoms with Gasteiger partial charge in [-0.3, -0.25) is 19.4 Å². The average Bonchev–Trinajstić information content (AvgIpc) is 3.31. The number of thioether (sulfide) groups is 1. The van der Waals surface area contributed by atoms with Gasteiger partial charge in [0.05, 0.1) is 18.0 Å². The maximum absolute atomic E-state index is 13.6. The third kappa shape index (κ3) is 6.22. The smallest absolute Gasteiger partial charge is 0.259 e. The molecule has 0 aromatic heterocycles. The van der Waals surface area contributed by atoms with Crippen LogP contribution in [0.4, 0.5) is 11.4 Å². The van der Waals surface area contributed by atoms with Gasteiger partial charge in [-0.2, -0.15) is 0 Å². The summed E-state index contributed by atoms with van der Waals surface area (Å²) in [6.45, 7) is 1.93. The van der Waals surface area contributed by atoms with Gasteiger partial charge in [0.25, 0.3) is 5.91 Å². The minimum atomic E-state index is -0.672. The Morgan fingerprint density at radius 2 is 1.93 bits per heavy atom. The van der Waals surface area contributed by atoms with Gasteiger partial charge in [-0.05, 0) is 49.9 Å². The lowest BCUT2D eigenvalue weighted by Gasteiger charge is -2.27. The van der Waals surface area contributed by atoms with Gasteiger partial charge in [-0.15, -0.1) is 0 Å². The van der Waals surface area contributed by atoms with E-state index < -0.39 is 11.3 Å². The monoisotopic (exact) mass is 561 g/mol. The summed E-state index contributed by atoms with van der Waals surface area (Å²) in [4.78, 5) is 50.6. The Morgan fingerprint density at radius 3 is 2.70 bits per heavy atom. The second-order valence-electron chi connectivity index (χ2n) is 10.2. The molecule has 0 spiro atoms. The van der Waals surface area contributed by atoms with Gasteiger partial charge in [0, 0.05) is 29.8 Å². The topological polar surface area (TPSA) is 112 Å². The van der Waals surface area contributed by atoms with E-state index in [-0.39, 0.29) is 30.2 Å². The summed E-state index contributed by atoms with van der Waals surface area (Å²) in [6.07, 6.45) is 6.63. The molecule has 1 fully saturated rings. The Labute approximate surface area is 238 Å². The van der Waals surface area contributed by atoms with E-state index in [1.165, 1.54) is 23.1 Å². The number of aliphatic imine (C=N–C) groups is 2. The number of methoxy groups -OCH3 is 1. The maximum atomic E-state index is 13.6. The first-order chi connectivity index (χ1) is 19.5. The Morgan fingerprint density at radius 1 is 1.12 bits per heavy atom. The summed E-state index contributed by atoms with van der Waals surface area (Å²) < 4.78 is 5.26. The van der Waals surface area contributed by atoms with Crippen LogP contribution in [0.25, 0.3) is 0 Å². The van der Waals surface area contributed by atoms with Crippen molar-refractivity contribution in [2.75, 3.05) is 12.4 Å². The molecule has 1 saturated carbocycles. The molecular weight excluding hydrogens is 526 g/mol. The number of amides is 3. The van der Waals surface area contributed by atoms with Crippen molar-refractivity contribution in [2.45, 2.75) is 75.6 Å². The summed E-state index contributed by atoms with van der Waals surface area (Å²) >= 11 is 1.25. The molecule has 2 aliphatic heterocycles. The largest absolute Gasteiger partial charge is 0.497 e. The van der Waals surface area contributed by atoms with Crippen LogP contribution in [0.3, 0.4) is 0 Å². The van der Waals surface area contributed by atoms with Gasteiger partial charge in [0.1, 0.15) is 17.6 Å². The number of benzene rings is 2. The standard InChI is InChI=1S/C30H35N5O4S/c1-3-25(28(37)32-20-12-9-13-21(18-20)39-2)40-30-34-23-15-8-7-14-22(23)27-33-24(29(38)35(27)30)16-17-26(36)31-19-10-5-4-6-11-19/h7-9,12-15,18-19,24-25H,3-6,10-11,16-17H2,1-2H3,(H,31,36)(H,32,37)/t24-,25+/m0/s1. The average molecular weight is 562 g/mol. The lowest BCUT2D eigenvalue weighted by atomic mass is 9.95. The molecule has 5 rings (SSSR count). The van der Waals surface area contributed by atoms with Crippen LogP contribution >= 0.6 is 11.8 Å². The number of carbonyl (C=O) groups excluding carboxylic acids is 3. The molecule has 9 nitrogen and oxygen atoms in total. The van der Waals surface area contributed by atoms with E-state index in [0.29, 0.717) is 41.0 Å². The van der Waals surface area contributed by atoms with Gasteiger partial charge < -0.3 is 15.4 Å². The van der Waals surface area contributed by atoms with Gasteiger partial charge in [-0.1, -0.05) is 56.1 Å². The molecule has 0 saturated heterocycles. The molecule has 0 bridgehead atoms. The van der Waals surface area contributed by atoms with Crippen LogP contribution in [0.5, 0.6) is 5.75 Å². The predicted octanol–water partition coefficient (Wildman–Crippen LogP) is 5.03. The number of ether oxygens (including phenoxy) is 1. The Kier molecular flexibility index (Phi) is 8.84. The number of rotatable bonds is 9. The first-order valence-corrected chi connectivity index (χ1v) is 14.9. The van der Waals surface area contributed by atoms with Gasteiger partial charge >= 0.3 is 0 Å². The summed E-state index contributed by atoms with van der Waals surface area (Å²) in [5.74, 6) is 0.731. The summed E-state index contributed by atoms with van der Waals surface area (Å²) in [6, 6.07) is 14.3. The second kappa shape index (κ2) is 12.7. The van der Waals surface area contributed by atoms with Crippen molar-refractivity contribution in [3.63, 3.8) is 0 Å². The fourth-order valence-corrected chi connectivity index (χ4v) is 6.28. The fraction of sp³-hybridized carbons (Fsp3) is 0.433. The molecule has 2 heterocycles. The number of amidine groups is 2. The highest BCUT2D eigenvalue weighted by molar-refractivity contribution is 8.15. The number of anilines is 1. The van der Waals surface area contributed by atoms with Crippen LogP contribution in [-0.4, -0.2) is 58.1 Å². The molecule has 40 heavy (non-hydrogen) atoms. The highest BCUT2D eigenvalue weighted by Gasteiger charge is 2.42. The van der Waals surface area contributed by atoms with Crippen LogP contribution < -0.4 is 15.4 Å². The van der Waals surface area contributed by atoms with Crippen LogP contribution in [0.1, 0.15) is 63.9 Å². The van der Waals surface area contributed by atoms with Crippen molar-refractivity contribution < 1.29 is 19.1 Å². The Bertz CT molecular complexity index is 1340. The molecule has 2 N–H and O–H groups in total. The van der Waals surface area contributed by atoms with E-state index in [9.17, 15) is 14.4 Å².